The molecule has 2 heterocycles. The van der Waals surface area contributed by atoms with Crippen molar-refractivity contribution >= 4 is 17.4 Å². The molecule has 110 valence electrons. The van der Waals surface area contributed by atoms with Crippen molar-refractivity contribution in [2.24, 2.45) is 5.73 Å². The number of anilines is 2. The van der Waals surface area contributed by atoms with Crippen LogP contribution in [-0.2, 0) is 4.74 Å². The molecule has 1 fully saturated rings. The van der Waals surface area contributed by atoms with Gasteiger partial charge in [0.05, 0.1) is 11.8 Å². The number of ether oxygens (including phenoxy) is 1. The third-order valence-corrected chi connectivity index (χ3v) is 3.39. The third-order valence-electron chi connectivity index (χ3n) is 3.39. The van der Waals surface area contributed by atoms with Crippen molar-refractivity contribution in [3.05, 3.63) is 17.8 Å². The van der Waals surface area contributed by atoms with E-state index in [0.717, 1.165) is 39.0 Å². The molecular formula is C14H22N4O2. The Hall–Kier alpha value is -1.82. The molecule has 1 saturated heterocycles. The number of nitrogens with zero attached hydrogens (tertiary/aromatic N) is 2. The molecule has 1 amide bonds. The third kappa shape index (κ3) is 3.39. The Labute approximate surface area is 119 Å². The molecule has 2 rings (SSSR count). The molecular weight excluding hydrogens is 256 g/mol. The predicted molar refractivity (Wildman–Crippen MR) is 78.6 cm³/mol. The molecule has 20 heavy (non-hydrogen) atoms. The number of carbonyl (C=O) groups is 1. The highest BCUT2D eigenvalue weighted by molar-refractivity contribution is 5.91. The molecule has 0 saturated carbocycles. The van der Waals surface area contributed by atoms with Crippen molar-refractivity contribution in [1.29, 1.82) is 0 Å². The van der Waals surface area contributed by atoms with Gasteiger partial charge in [0.15, 0.2) is 5.82 Å². The van der Waals surface area contributed by atoms with Crippen LogP contribution in [-0.4, -0.2) is 36.7 Å². The van der Waals surface area contributed by atoms with Crippen LogP contribution in [0.5, 0.6) is 0 Å². The van der Waals surface area contributed by atoms with Gasteiger partial charge < -0.3 is 21.1 Å². The second-order valence-corrected chi connectivity index (χ2v) is 5.05. The lowest BCUT2D eigenvalue weighted by molar-refractivity contribution is 0.0439. The van der Waals surface area contributed by atoms with E-state index in [1.165, 1.54) is 0 Å². The Bertz CT molecular complexity index is 478. The van der Waals surface area contributed by atoms with Crippen LogP contribution in [0.1, 0.15) is 36.7 Å². The fourth-order valence-corrected chi connectivity index (χ4v) is 2.40. The molecule has 6 heteroatoms. The quantitative estimate of drug-likeness (QED) is 0.842. The summed E-state index contributed by atoms with van der Waals surface area (Å²) in [4.78, 5) is 17.6. The highest BCUT2D eigenvalue weighted by atomic mass is 16.5. The summed E-state index contributed by atoms with van der Waals surface area (Å²) in [5, 5.41) is 0. The van der Waals surface area contributed by atoms with Gasteiger partial charge in [0.2, 0.25) is 0 Å². The Morgan fingerprint density at radius 1 is 1.55 bits per heavy atom. The van der Waals surface area contributed by atoms with Gasteiger partial charge in [-0.05, 0) is 31.4 Å². The summed E-state index contributed by atoms with van der Waals surface area (Å²) in [6.45, 7) is 4.48. The molecule has 1 aromatic rings. The zero-order valence-corrected chi connectivity index (χ0v) is 11.8. The average molecular weight is 278 g/mol. The maximum absolute atomic E-state index is 11.2. The molecule has 0 spiro atoms. The van der Waals surface area contributed by atoms with Gasteiger partial charge in [-0.2, -0.15) is 0 Å². The van der Waals surface area contributed by atoms with Crippen LogP contribution in [0.15, 0.2) is 12.1 Å². The van der Waals surface area contributed by atoms with Crippen LogP contribution in [0, 0.1) is 0 Å². The molecule has 1 atom stereocenters. The van der Waals surface area contributed by atoms with Gasteiger partial charge in [-0.25, -0.2) is 4.98 Å². The molecule has 1 unspecified atom stereocenters. The van der Waals surface area contributed by atoms with Gasteiger partial charge >= 0.3 is 0 Å². The summed E-state index contributed by atoms with van der Waals surface area (Å²) in [6.07, 6.45) is 3.28. The molecule has 0 radical (unpaired) electrons. The summed E-state index contributed by atoms with van der Waals surface area (Å²) < 4.78 is 5.80. The normalized spacial score (nSPS) is 19.1. The van der Waals surface area contributed by atoms with E-state index in [0.29, 0.717) is 11.5 Å². The van der Waals surface area contributed by atoms with Crippen molar-refractivity contribution in [1.82, 2.24) is 4.98 Å². The van der Waals surface area contributed by atoms with Crippen LogP contribution in [0.2, 0.25) is 0 Å². The zero-order chi connectivity index (χ0) is 14.5. The Morgan fingerprint density at radius 2 is 2.35 bits per heavy atom. The second-order valence-electron chi connectivity index (χ2n) is 5.05. The number of carbonyl (C=O) groups excluding carboxylic acids is 1. The van der Waals surface area contributed by atoms with E-state index in [9.17, 15) is 4.79 Å². The molecule has 1 aliphatic rings. The Kier molecular flexibility index (Phi) is 4.79. The number of aromatic nitrogens is 1. The van der Waals surface area contributed by atoms with Crippen LogP contribution >= 0.6 is 0 Å². The Balaban J connectivity index is 2.13. The summed E-state index contributed by atoms with van der Waals surface area (Å²) in [5.41, 5.74) is 12.0. The topological polar surface area (TPSA) is 94.5 Å². The fraction of sp³-hybridized carbons (Fsp3) is 0.571. The summed E-state index contributed by atoms with van der Waals surface area (Å²) in [7, 11) is 0. The van der Waals surface area contributed by atoms with Gasteiger partial charge in [-0.3, -0.25) is 4.79 Å². The fourth-order valence-electron chi connectivity index (χ4n) is 2.40. The number of nitrogens with two attached hydrogens (primary N) is 2. The number of primary amides is 1. The number of hydrogen-bond acceptors (Lipinski definition) is 5. The minimum absolute atomic E-state index is 0.196. The number of rotatable bonds is 5. The van der Waals surface area contributed by atoms with E-state index in [-0.39, 0.29) is 11.8 Å². The van der Waals surface area contributed by atoms with Gasteiger partial charge in [0.25, 0.3) is 5.91 Å². The average Bonchev–Trinajstić information content (AvgIpc) is 2.45. The Morgan fingerprint density at radius 3 is 3.05 bits per heavy atom. The van der Waals surface area contributed by atoms with E-state index < -0.39 is 5.91 Å². The summed E-state index contributed by atoms with van der Waals surface area (Å²) in [5.74, 6) is 0.0909. The van der Waals surface area contributed by atoms with Crippen molar-refractivity contribution in [3.8, 4) is 0 Å². The molecule has 0 bridgehead atoms. The van der Waals surface area contributed by atoms with Crippen molar-refractivity contribution in [3.63, 3.8) is 0 Å². The summed E-state index contributed by atoms with van der Waals surface area (Å²) in [6, 6.07) is 3.23. The summed E-state index contributed by atoms with van der Waals surface area (Å²) >= 11 is 0. The van der Waals surface area contributed by atoms with Crippen molar-refractivity contribution in [2.75, 3.05) is 30.3 Å². The first-order chi connectivity index (χ1) is 9.61. The van der Waals surface area contributed by atoms with Crippen molar-refractivity contribution < 1.29 is 9.53 Å². The minimum atomic E-state index is -0.540. The van der Waals surface area contributed by atoms with Crippen LogP contribution in [0.3, 0.4) is 0 Å². The van der Waals surface area contributed by atoms with Crippen LogP contribution in [0.25, 0.3) is 0 Å². The lowest BCUT2D eigenvalue weighted by Crippen LogP contribution is -2.40. The van der Waals surface area contributed by atoms with Crippen LogP contribution < -0.4 is 16.4 Å². The van der Waals surface area contributed by atoms with Crippen LogP contribution in [0.4, 0.5) is 11.5 Å². The van der Waals surface area contributed by atoms with E-state index >= 15 is 0 Å². The number of nitrogen functional groups attached to an aromatic ring is 1. The molecule has 0 aliphatic carbocycles. The first kappa shape index (κ1) is 14.6. The maximum atomic E-state index is 11.2. The number of hydrogen-bond donors (Lipinski definition) is 2. The standard InChI is InChI=1S/C14H22N4O2/c1-2-8-20-10-4-3-7-18(9-10)14-11(15)5-6-12(17-14)13(16)19/h5-6,10H,2-4,7-9,15H2,1H3,(H2,16,19). The molecule has 1 aliphatic heterocycles. The lowest BCUT2D eigenvalue weighted by atomic mass is 10.1. The minimum Gasteiger partial charge on any atom is -0.396 e. The van der Waals surface area contributed by atoms with E-state index in [4.69, 9.17) is 16.2 Å². The molecule has 0 aromatic carbocycles. The number of amides is 1. The van der Waals surface area contributed by atoms with E-state index in [2.05, 4.69) is 16.8 Å². The van der Waals surface area contributed by atoms with Gasteiger partial charge in [0, 0.05) is 19.7 Å². The smallest absolute Gasteiger partial charge is 0.267 e. The highest BCUT2D eigenvalue weighted by Crippen LogP contribution is 2.25. The van der Waals surface area contributed by atoms with Gasteiger partial charge in [-0.15, -0.1) is 0 Å². The predicted octanol–water partition coefficient (Wildman–Crippen LogP) is 1.16. The van der Waals surface area contributed by atoms with Crippen molar-refractivity contribution in [2.45, 2.75) is 32.3 Å². The van der Waals surface area contributed by atoms with E-state index in [1.807, 2.05) is 0 Å². The van der Waals surface area contributed by atoms with Gasteiger partial charge in [0.1, 0.15) is 5.69 Å². The molecule has 4 N–H and O–H groups in total. The van der Waals surface area contributed by atoms with Gasteiger partial charge in [-0.1, -0.05) is 6.92 Å². The monoisotopic (exact) mass is 278 g/mol. The number of pyridine rings is 1. The first-order valence-electron chi connectivity index (χ1n) is 7.04. The largest absolute Gasteiger partial charge is 0.396 e. The number of piperidine rings is 1. The SMILES string of the molecule is CCCOC1CCCN(c2nc(C(N)=O)ccc2N)C1. The maximum Gasteiger partial charge on any atom is 0.267 e. The molecule has 1 aromatic heterocycles. The lowest BCUT2D eigenvalue weighted by Gasteiger charge is -2.34. The second kappa shape index (κ2) is 6.56. The van der Waals surface area contributed by atoms with E-state index in [1.54, 1.807) is 12.1 Å². The highest BCUT2D eigenvalue weighted by Gasteiger charge is 2.23. The zero-order valence-electron chi connectivity index (χ0n) is 11.8. The first-order valence-corrected chi connectivity index (χ1v) is 7.04. The molecule has 6 nitrogen and oxygen atoms in total.